The summed E-state index contributed by atoms with van der Waals surface area (Å²) in [6.45, 7) is 4.22. The second-order valence-electron chi connectivity index (χ2n) is 6.88. The van der Waals surface area contributed by atoms with Crippen LogP contribution in [0.15, 0.2) is 0 Å². The minimum atomic E-state index is -0.596. The molecule has 0 aromatic heterocycles. The summed E-state index contributed by atoms with van der Waals surface area (Å²) in [5.74, 6) is 0.678. The lowest BCUT2D eigenvalue weighted by Crippen LogP contribution is -2.51. The number of nitrogens with one attached hydrogen (secondary N) is 2. The summed E-state index contributed by atoms with van der Waals surface area (Å²) in [7, 11) is 0. The monoisotopic (exact) mass is 310 g/mol. The Kier molecular flexibility index (Phi) is 5.80. The topological polar surface area (TPSA) is 84.5 Å². The first-order chi connectivity index (χ1) is 10.5. The Morgan fingerprint density at radius 3 is 2.36 bits per heavy atom. The normalized spacial score (nSPS) is 20.1. The first-order valence-corrected chi connectivity index (χ1v) is 8.18. The van der Waals surface area contributed by atoms with Crippen LogP contribution >= 0.6 is 0 Å². The molecule has 0 radical (unpaired) electrons. The maximum atomic E-state index is 12.3. The summed E-state index contributed by atoms with van der Waals surface area (Å²) >= 11 is 0. The molecule has 6 heteroatoms. The molecule has 0 unspecified atom stereocenters. The van der Waals surface area contributed by atoms with Crippen LogP contribution in [0.5, 0.6) is 0 Å². The molecule has 0 saturated heterocycles. The van der Waals surface area contributed by atoms with Gasteiger partial charge in [0.25, 0.3) is 0 Å². The molecule has 2 fully saturated rings. The third kappa shape index (κ3) is 5.66. The molecule has 2 N–H and O–H groups in total. The number of hydrogen-bond acceptors (Lipinski definition) is 4. The highest BCUT2D eigenvalue weighted by molar-refractivity contribution is 5.88. The fourth-order valence-electron chi connectivity index (χ4n) is 2.37. The van der Waals surface area contributed by atoms with Gasteiger partial charge in [-0.15, -0.1) is 0 Å². The van der Waals surface area contributed by atoms with Gasteiger partial charge in [-0.3, -0.25) is 4.79 Å². The Morgan fingerprint density at radius 2 is 1.86 bits per heavy atom. The van der Waals surface area contributed by atoms with Crippen LogP contribution in [-0.4, -0.2) is 37.0 Å². The third-order valence-electron chi connectivity index (χ3n) is 3.97. The molecule has 0 spiro atoms. The zero-order chi connectivity index (χ0) is 16.1. The zero-order valence-electron chi connectivity index (χ0n) is 13.3. The summed E-state index contributed by atoms with van der Waals surface area (Å²) in [5, 5.41) is 5.40. The fraction of sp³-hybridized carbons (Fsp3) is 0.812. The second kappa shape index (κ2) is 7.61. The number of carbonyl (C=O) groups excluding carboxylic acids is 3. The average molecular weight is 310 g/mol. The molecular weight excluding hydrogens is 284 g/mol. The van der Waals surface area contributed by atoms with Gasteiger partial charge in [0, 0.05) is 0 Å². The second-order valence-corrected chi connectivity index (χ2v) is 6.88. The molecule has 2 rings (SSSR count). The van der Waals surface area contributed by atoms with Gasteiger partial charge in [0.15, 0.2) is 0 Å². The summed E-state index contributed by atoms with van der Waals surface area (Å²) in [6.07, 6.45) is 5.01. The molecule has 6 nitrogen and oxygen atoms in total. The fourth-order valence-corrected chi connectivity index (χ4v) is 2.37. The van der Waals surface area contributed by atoms with Gasteiger partial charge < -0.3 is 20.2 Å². The molecule has 0 aliphatic heterocycles. The minimum absolute atomic E-state index is 0.153. The molecule has 2 aliphatic carbocycles. The molecule has 0 aromatic rings. The van der Waals surface area contributed by atoms with E-state index >= 15 is 0 Å². The van der Waals surface area contributed by atoms with Crippen molar-refractivity contribution in [1.29, 1.82) is 0 Å². The number of rotatable bonds is 9. The van der Waals surface area contributed by atoms with Crippen molar-refractivity contribution >= 4 is 18.3 Å². The standard InChI is InChI=1S/C16H26N2O4/c1-10(2)9-22-16(21)18-14(12-5-6-12)15(20)17-13(8-19)7-11-3-4-11/h8,10-14H,3-7,9H2,1-2H3,(H,17,20)(H,18,21)/t13-,14-/m0/s1. The molecule has 2 amide bonds. The SMILES string of the molecule is CC(C)COC(=O)N[C@H](C(=O)N[C@H](C=O)CC1CC1)C1CC1. The van der Waals surface area contributed by atoms with Crippen molar-refractivity contribution in [3.8, 4) is 0 Å². The van der Waals surface area contributed by atoms with Crippen molar-refractivity contribution < 1.29 is 19.1 Å². The van der Waals surface area contributed by atoms with Crippen LogP contribution in [0.25, 0.3) is 0 Å². The van der Waals surface area contributed by atoms with Crippen LogP contribution in [0.4, 0.5) is 4.79 Å². The Hall–Kier alpha value is -1.59. The van der Waals surface area contributed by atoms with E-state index in [1.807, 2.05) is 13.8 Å². The zero-order valence-corrected chi connectivity index (χ0v) is 13.3. The van der Waals surface area contributed by atoms with Crippen molar-refractivity contribution in [2.24, 2.45) is 17.8 Å². The van der Waals surface area contributed by atoms with E-state index < -0.39 is 18.2 Å². The van der Waals surface area contributed by atoms with Gasteiger partial charge in [-0.1, -0.05) is 26.7 Å². The van der Waals surface area contributed by atoms with Gasteiger partial charge in [-0.2, -0.15) is 0 Å². The molecule has 22 heavy (non-hydrogen) atoms. The summed E-state index contributed by atoms with van der Waals surface area (Å²) in [6, 6.07) is -1.05. The van der Waals surface area contributed by atoms with Crippen molar-refractivity contribution in [2.45, 2.75) is 58.0 Å². The number of ether oxygens (including phenoxy) is 1. The van der Waals surface area contributed by atoms with E-state index in [0.717, 1.165) is 32.0 Å². The largest absolute Gasteiger partial charge is 0.449 e. The predicted octanol–water partition coefficient (Wildman–Crippen LogP) is 1.63. The van der Waals surface area contributed by atoms with E-state index in [4.69, 9.17) is 4.74 Å². The number of amides is 2. The minimum Gasteiger partial charge on any atom is -0.449 e. The van der Waals surface area contributed by atoms with Crippen LogP contribution in [-0.2, 0) is 14.3 Å². The first-order valence-electron chi connectivity index (χ1n) is 8.18. The van der Waals surface area contributed by atoms with Gasteiger partial charge in [-0.25, -0.2) is 4.79 Å². The summed E-state index contributed by atoms with van der Waals surface area (Å²) in [4.78, 5) is 35.2. The van der Waals surface area contributed by atoms with Crippen LogP contribution in [0.3, 0.4) is 0 Å². The number of hydrogen-bond donors (Lipinski definition) is 2. The highest BCUT2D eigenvalue weighted by Gasteiger charge is 2.38. The van der Waals surface area contributed by atoms with E-state index in [-0.39, 0.29) is 17.7 Å². The Labute approximate surface area is 131 Å². The van der Waals surface area contributed by atoms with Gasteiger partial charge in [0.2, 0.25) is 5.91 Å². The Bertz CT molecular complexity index is 416. The Morgan fingerprint density at radius 1 is 1.18 bits per heavy atom. The lowest BCUT2D eigenvalue weighted by molar-refractivity contribution is -0.126. The first kappa shape index (κ1) is 16.8. The smallest absolute Gasteiger partial charge is 0.407 e. The van der Waals surface area contributed by atoms with Crippen LogP contribution < -0.4 is 10.6 Å². The molecule has 0 aromatic carbocycles. The molecule has 2 aliphatic rings. The molecular formula is C16H26N2O4. The molecule has 0 bridgehead atoms. The lowest BCUT2D eigenvalue weighted by atomic mass is 10.1. The van der Waals surface area contributed by atoms with Crippen LogP contribution in [0, 0.1) is 17.8 Å². The molecule has 124 valence electrons. The highest BCUT2D eigenvalue weighted by Crippen LogP contribution is 2.34. The van der Waals surface area contributed by atoms with Crippen molar-refractivity contribution in [3.63, 3.8) is 0 Å². The van der Waals surface area contributed by atoms with E-state index in [9.17, 15) is 14.4 Å². The third-order valence-corrected chi connectivity index (χ3v) is 3.97. The highest BCUT2D eigenvalue weighted by atomic mass is 16.5. The molecule has 2 saturated carbocycles. The van der Waals surface area contributed by atoms with E-state index in [1.54, 1.807) is 0 Å². The maximum absolute atomic E-state index is 12.3. The van der Waals surface area contributed by atoms with Crippen molar-refractivity contribution in [3.05, 3.63) is 0 Å². The maximum Gasteiger partial charge on any atom is 0.407 e. The van der Waals surface area contributed by atoms with Gasteiger partial charge >= 0.3 is 6.09 Å². The quantitative estimate of drug-likeness (QED) is 0.634. The molecule has 2 atom stereocenters. The van der Waals surface area contributed by atoms with Gasteiger partial charge in [0.1, 0.15) is 12.3 Å². The summed E-state index contributed by atoms with van der Waals surface area (Å²) < 4.78 is 5.07. The summed E-state index contributed by atoms with van der Waals surface area (Å²) in [5.41, 5.74) is 0. The predicted molar refractivity (Wildman–Crippen MR) is 81.2 cm³/mol. The number of carbonyl (C=O) groups is 3. The average Bonchev–Trinajstić information content (AvgIpc) is 3.34. The Balaban J connectivity index is 1.82. The van der Waals surface area contributed by atoms with Crippen LogP contribution in [0.1, 0.15) is 46.0 Å². The van der Waals surface area contributed by atoms with E-state index in [2.05, 4.69) is 10.6 Å². The number of alkyl carbamates (subject to hydrolysis) is 1. The van der Waals surface area contributed by atoms with Crippen molar-refractivity contribution in [1.82, 2.24) is 10.6 Å². The van der Waals surface area contributed by atoms with Crippen LogP contribution in [0.2, 0.25) is 0 Å². The molecule has 0 heterocycles. The van der Waals surface area contributed by atoms with E-state index in [0.29, 0.717) is 18.9 Å². The van der Waals surface area contributed by atoms with E-state index in [1.165, 1.54) is 0 Å². The number of aldehydes is 1. The van der Waals surface area contributed by atoms with Gasteiger partial charge in [-0.05, 0) is 37.0 Å². The lowest BCUT2D eigenvalue weighted by Gasteiger charge is -2.20. The van der Waals surface area contributed by atoms with Gasteiger partial charge in [0.05, 0.1) is 12.6 Å². The van der Waals surface area contributed by atoms with Crippen molar-refractivity contribution in [2.75, 3.05) is 6.61 Å².